The summed E-state index contributed by atoms with van der Waals surface area (Å²) in [4.78, 5) is 11.7. The Morgan fingerprint density at radius 2 is 2.17 bits per heavy atom. The standard InChI is InChI=1S/C7H11F2NO2/c1-7(8,9)4-10-2-5(3-10)6(11)12/h5H,2-4H2,1H3,(H,11,12). The number of rotatable bonds is 3. The van der Waals surface area contributed by atoms with Crippen LogP contribution >= 0.6 is 0 Å². The monoisotopic (exact) mass is 179 g/mol. The fourth-order valence-corrected chi connectivity index (χ4v) is 1.25. The second kappa shape index (κ2) is 2.97. The van der Waals surface area contributed by atoms with E-state index in [1.807, 2.05) is 0 Å². The van der Waals surface area contributed by atoms with Gasteiger partial charge in [-0.15, -0.1) is 0 Å². The lowest BCUT2D eigenvalue weighted by Gasteiger charge is -2.37. The average molecular weight is 179 g/mol. The van der Waals surface area contributed by atoms with Crippen LogP contribution in [0.1, 0.15) is 6.92 Å². The molecule has 0 aromatic carbocycles. The maximum Gasteiger partial charge on any atom is 0.309 e. The molecule has 0 unspecified atom stereocenters. The molecule has 1 fully saturated rings. The normalized spacial score (nSPS) is 20.6. The zero-order chi connectivity index (χ0) is 9.35. The number of hydrogen-bond acceptors (Lipinski definition) is 2. The Bertz CT molecular complexity index is 184. The van der Waals surface area contributed by atoms with Gasteiger partial charge in [0, 0.05) is 20.0 Å². The van der Waals surface area contributed by atoms with E-state index >= 15 is 0 Å². The van der Waals surface area contributed by atoms with E-state index in [9.17, 15) is 13.6 Å². The summed E-state index contributed by atoms with van der Waals surface area (Å²) in [6.45, 7) is 0.995. The Morgan fingerprint density at radius 1 is 1.67 bits per heavy atom. The fourth-order valence-electron chi connectivity index (χ4n) is 1.25. The van der Waals surface area contributed by atoms with Crippen LogP contribution in [0.2, 0.25) is 0 Å². The highest BCUT2D eigenvalue weighted by molar-refractivity contribution is 5.71. The quantitative estimate of drug-likeness (QED) is 0.691. The Morgan fingerprint density at radius 3 is 2.50 bits per heavy atom. The van der Waals surface area contributed by atoms with E-state index in [2.05, 4.69) is 0 Å². The number of carbonyl (C=O) groups is 1. The lowest BCUT2D eigenvalue weighted by molar-refractivity contribution is -0.150. The number of likely N-dealkylation sites (tertiary alicyclic amines) is 1. The lowest BCUT2D eigenvalue weighted by atomic mass is 10.0. The highest BCUT2D eigenvalue weighted by atomic mass is 19.3. The van der Waals surface area contributed by atoms with Crippen LogP contribution in [0.15, 0.2) is 0 Å². The maximum absolute atomic E-state index is 12.3. The molecule has 1 saturated heterocycles. The van der Waals surface area contributed by atoms with Gasteiger partial charge in [-0.05, 0) is 0 Å². The Kier molecular flexibility index (Phi) is 2.32. The molecule has 0 aliphatic carbocycles. The van der Waals surface area contributed by atoms with Crippen LogP contribution in [0.4, 0.5) is 8.78 Å². The summed E-state index contributed by atoms with van der Waals surface area (Å²) in [7, 11) is 0. The Balaban J connectivity index is 2.22. The van der Waals surface area contributed by atoms with E-state index in [1.54, 1.807) is 0 Å². The van der Waals surface area contributed by atoms with Gasteiger partial charge in [0.2, 0.25) is 0 Å². The number of carboxylic acid groups (broad SMARTS) is 1. The first kappa shape index (κ1) is 9.38. The molecule has 0 aromatic heterocycles. The summed E-state index contributed by atoms with van der Waals surface area (Å²) in [6.07, 6.45) is 0. The number of aliphatic carboxylic acids is 1. The molecule has 12 heavy (non-hydrogen) atoms. The molecular formula is C7H11F2NO2. The van der Waals surface area contributed by atoms with Gasteiger partial charge in [-0.1, -0.05) is 0 Å². The van der Waals surface area contributed by atoms with E-state index in [-0.39, 0.29) is 19.6 Å². The molecule has 1 aliphatic rings. The summed E-state index contributed by atoms with van der Waals surface area (Å²) in [6, 6.07) is 0. The average Bonchev–Trinajstić information content (AvgIpc) is 1.74. The molecule has 1 rings (SSSR count). The first-order valence-corrected chi connectivity index (χ1v) is 3.71. The van der Waals surface area contributed by atoms with Gasteiger partial charge < -0.3 is 5.11 Å². The molecule has 0 atom stereocenters. The fraction of sp³-hybridized carbons (Fsp3) is 0.857. The minimum atomic E-state index is -2.72. The van der Waals surface area contributed by atoms with Crippen molar-refractivity contribution in [3.05, 3.63) is 0 Å². The predicted molar refractivity (Wildman–Crippen MR) is 38.2 cm³/mol. The van der Waals surface area contributed by atoms with Gasteiger partial charge >= 0.3 is 5.97 Å². The summed E-state index contributed by atoms with van der Waals surface area (Å²) in [5.74, 6) is -4.07. The van der Waals surface area contributed by atoms with Crippen LogP contribution in [0.25, 0.3) is 0 Å². The predicted octanol–water partition coefficient (Wildman–Crippen LogP) is 0.658. The van der Waals surface area contributed by atoms with Crippen LogP contribution in [-0.4, -0.2) is 41.5 Å². The molecule has 0 saturated carbocycles. The summed E-state index contributed by atoms with van der Waals surface area (Å²) >= 11 is 0. The molecule has 0 aromatic rings. The zero-order valence-electron chi connectivity index (χ0n) is 6.76. The molecule has 3 nitrogen and oxygen atoms in total. The van der Waals surface area contributed by atoms with Crippen LogP contribution in [-0.2, 0) is 4.79 Å². The number of hydrogen-bond donors (Lipinski definition) is 1. The van der Waals surface area contributed by atoms with Gasteiger partial charge in [0.05, 0.1) is 12.5 Å². The van der Waals surface area contributed by atoms with E-state index in [1.165, 1.54) is 4.90 Å². The molecule has 0 amide bonds. The van der Waals surface area contributed by atoms with Crippen LogP contribution < -0.4 is 0 Å². The first-order valence-electron chi connectivity index (χ1n) is 3.71. The molecule has 1 heterocycles. The summed E-state index contributed by atoms with van der Waals surface area (Å²) in [5, 5.41) is 8.44. The number of alkyl halides is 2. The van der Waals surface area contributed by atoms with E-state index in [0.717, 1.165) is 6.92 Å². The highest BCUT2D eigenvalue weighted by Crippen LogP contribution is 2.21. The van der Waals surface area contributed by atoms with E-state index < -0.39 is 17.8 Å². The van der Waals surface area contributed by atoms with Gasteiger partial charge in [0.25, 0.3) is 5.92 Å². The molecule has 5 heteroatoms. The molecule has 70 valence electrons. The van der Waals surface area contributed by atoms with Crippen LogP contribution in [0.3, 0.4) is 0 Å². The van der Waals surface area contributed by atoms with Crippen molar-refractivity contribution in [2.45, 2.75) is 12.8 Å². The summed E-state index contributed by atoms with van der Waals surface area (Å²) in [5.41, 5.74) is 0. The number of nitrogens with zero attached hydrogens (tertiary/aromatic N) is 1. The van der Waals surface area contributed by atoms with E-state index in [4.69, 9.17) is 5.11 Å². The lowest BCUT2D eigenvalue weighted by Crippen LogP contribution is -2.53. The maximum atomic E-state index is 12.3. The van der Waals surface area contributed by atoms with Crippen molar-refractivity contribution in [2.75, 3.05) is 19.6 Å². The molecular weight excluding hydrogens is 168 g/mol. The van der Waals surface area contributed by atoms with Crippen LogP contribution in [0, 0.1) is 5.92 Å². The molecule has 1 aliphatic heterocycles. The smallest absolute Gasteiger partial charge is 0.309 e. The third-order valence-electron chi connectivity index (χ3n) is 1.81. The van der Waals surface area contributed by atoms with Crippen molar-refractivity contribution in [2.24, 2.45) is 5.92 Å². The number of halogens is 2. The third kappa shape index (κ3) is 2.41. The Hall–Kier alpha value is -0.710. The van der Waals surface area contributed by atoms with Crippen LogP contribution in [0.5, 0.6) is 0 Å². The SMILES string of the molecule is CC(F)(F)CN1CC(C(=O)O)C1. The largest absolute Gasteiger partial charge is 0.481 e. The third-order valence-corrected chi connectivity index (χ3v) is 1.81. The molecule has 0 radical (unpaired) electrons. The Labute approximate surface area is 69.0 Å². The van der Waals surface area contributed by atoms with Crippen molar-refractivity contribution >= 4 is 5.97 Å². The minimum Gasteiger partial charge on any atom is -0.481 e. The highest BCUT2D eigenvalue weighted by Gasteiger charge is 2.37. The van der Waals surface area contributed by atoms with E-state index in [0.29, 0.717) is 0 Å². The minimum absolute atomic E-state index is 0.249. The van der Waals surface area contributed by atoms with Crippen molar-refractivity contribution in [1.82, 2.24) is 4.90 Å². The zero-order valence-corrected chi connectivity index (χ0v) is 6.76. The summed E-state index contributed by atoms with van der Waals surface area (Å²) < 4.78 is 24.7. The number of carboxylic acids is 1. The molecule has 0 spiro atoms. The second-order valence-electron chi connectivity index (χ2n) is 3.30. The van der Waals surface area contributed by atoms with Crippen molar-refractivity contribution in [3.63, 3.8) is 0 Å². The molecule has 1 N–H and O–H groups in total. The van der Waals surface area contributed by atoms with Gasteiger partial charge in [-0.25, -0.2) is 8.78 Å². The molecule has 0 bridgehead atoms. The topological polar surface area (TPSA) is 40.5 Å². The van der Waals surface area contributed by atoms with Crippen molar-refractivity contribution in [3.8, 4) is 0 Å². The van der Waals surface area contributed by atoms with Gasteiger partial charge in [-0.2, -0.15) is 0 Å². The van der Waals surface area contributed by atoms with Gasteiger partial charge in [0.15, 0.2) is 0 Å². The second-order valence-corrected chi connectivity index (χ2v) is 3.30. The van der Waals surface area contributed by atoms with Gasteiger partial charge in [-0.3, -0.25) is 9.69 Å². The first-order chi connectivity index (χ1) is 5.38. The van der Waals surface area contributed by atoms with Crippen molar-refractivity contribution < 1.29 is 18.7 Å². The van der Waals surface area contributed by atoms with Gasteiger partial charge in [0.1, 0.15) is 0 Å². The van der Waals surface area contributed by atoms with Crippen molar-refractivity contribution in [1.29, 1.82) is 0 Å².